The topological polar surface area (TPSA) is 43.4 Å². The second-order valence-corrected chi connectivity index (χ2v) is 6.20. The Morgan fingerprint density at radius 2 is 1.71 bits per heavy atom. The first kappa shape index (κ1) is 24.1. The average Bonchev–Trinajstić information content (AvgIpc) is 2.68. The van der Waals surface area contributed by atoms with E-state index in [-0.39, 0.29) is 24.8 Å². The van der Waals surface area contributed by atoms with E-state index in [1.54, 1.807) is 13.3 Å². The fraction of sp³-hybridized carbons (Fsp3) is 0.190. The van der Waals surface area contributed by atoms with Crippen LogP contribution in [0.1, 0.15) is 16.7 Å². The Balaban J connectivity index is 0.00000196. The lowest BCUT2D eigenvalue weighted by Gasteiger charge is -2.16. The summed E-state index contributed by atoms with van der Waals surface area (Å²) >= 11 is 6.23. The monoisotopic (exact) mass is 440 g/mol. The summed E-state index contributed by atoms with van der Waals surface area (Å²) in [6, 6.07) is 17.5. The lowest BCUT2D eigenvalue weighted by atomic mass is 10.1. The summed E-state index contributed by atoms with van der Waals surface area (Å²) in [7, 11) is 1.64. The number of benzene rings is 2. The molecule has 0 aliphatic carbocycles. The molecule has 0 fully saturated rings. The number of pyridine rings is 1. The predicted molar refractivity (Wildman–Crippen MR) is 118 cm³/mol. The van der Waals surface area contributed by atoms with Gasteiger partial charge in [-0.1, -0.05) is 48.0 Å². The van der Waals surface area contributed by atoms with E-state index in [1.807, 2.05) is 60.8 Å². The van der Waals surface area contributed by atoms with Crippen molar-refractivity contribution >= 4 is 36.4 Å². The van der Waals surface area contributed by atoms with Crippen molar-refractivity contribution in [1.82, 2.24) is 10.3 Å². The van der Waals surface area contributed by atoms with Gasteiger partial charge in [-0.15, -0.1) is 24.8 Å². The lowest BCUT2D eigenvalue weighted by Crippen LogP contribution is -2.14. The number of para-hydroxylation sites is 1. The van der Waals surface area contributed by atoms with Crippen molar-refractivity contribution in [1.29, 1.82) is 0 Å². The summed E-state index contributed by atoms with van der Waals surface area (Å²) < 4.78 is 11.5. The van der Waals surface area contributed by atoms with Gasteiger partial charge < -0.3 is 14.8 Å². The average molecular weight is 442 g/mol. The van der Waals surface area contributed by atoms with E-state index in [2.05, 4.69) is 10.3 Å². The minimum Gasteiger partial charge on any atom is -0.493 e. The summed E-state index contributed by atoms with van der Waals surface area (Å²) in [6.07, 6.45) is 3.62. The van der Waals surface area contributed by atoms with Crippen LogP contribution in [0.3, 0.4) is 0 Å². The smallest absolute Gasteiger partial charge is 0.166 e. The number of nitrogens with one attached hydrogen (secondary N) is 1. The zero-order valence-electron chi connectivity index (χ0n) is 15.4. The highest BCUT2D eigenvalue weighted by atomic mass is 35.5. The van der Waals surface area contributed by atoms with E-state index >= 15 is 0 Å². The maximum absolute atomic E-state index is 6.23. The van der Waals surface area contributed by atoms with Crippen LogP contribution in [0.25, 0.3) is 0 Å². The highest BCUT2D eigenvalue weighted by Crippen LogP contribution is 2.32. The van der Waals surface area contributed by atoms with Gasteiger partial charge in [0.15, 0.2) is 11.5 Å². The number of hydrogen-bond acceptors (Lipinski definition) is 4. The number of methoxy groups -OCH3 is 1. The van der Waals surface area contributed by atoms with E-state index in [0.29, 0.717) is 23.9 Å². The van der Waals surface area contributed by atoms with Gasteiger partial charge in [-0.3, -0.25) is 4.98 Å². The number of nitrogens with zero attached hydrogens (tertiary/aromatic N) is 1. The molecule has 0 aliphatic heterocycles. The van der Waals surface area contributed by atoms with E-state index in [1.165, 1.54) is 0 Å². The van der Waals surface area contributed by atoms with Crippen LogP contribution in [0.2, 0.25) is 5.02 Å². The van der Waals surface area contributed by atoms with Gasteiger partial charge in [-0.2, -0.15) is 0 Å². The van der Waals surface area contributed by atoms with Crippen LogP contribution in [0.4, 0.5) is 0 Å². The first-order valence-electron chi connectivity index (χ1n) is 8.39. The van der Waals surface area contributed by atoms with E-state index in [4.69, 9.17) is 21.1 Å². The first-order valence-corrected chi connectivity index (χ1v) is 8.77. The van der Waals surface area contributed by atoms with Crippen LogP contribution in [0, 0.1) is 0 Å². The first-order chi connectivity index (χ1) is 12.8. The van der Waals surface area contributed by atoms with Gasteiger partial charge in [-0.05, 0) is 23.8 Å². The number of ether oxygens (including phenoxy) is 2. The van der Waals surface area contributed by atoms with Crippen LogP contribution in [-0.2, 0) is 19.7 Å². The summed E-state index contributed by atoms with van der Waals surface area (Å²) in [6.45, 7) is 1.77. The lowest BCUT2D eigenvalue weighted by molar-refractivity contribution is 0.280. The molecule has 150 valence electrons. The van der Waals surface area contributed by atoms with Gasteiger partial charge in [0.2, 0.25) is 0 Å². The van der Waals surface area contributed by atoms with Crippen LogP contribution < -0.4 is 14.8 Å². The van der Waals surface area contributed by atoms with Crippen molar-refractivity contribution in [2.75, 3.05) is 7.11 Å². The second kappa shape index (κ2) is 12.5. The number of halogens is 3. The molecule has 4 nitrogen and oxygen atoms in total. The van der Waals surface area contributed by atoms with Crippen molar-refractivity contribution < 1.29 is 9.47 Å². The van der Waals surface area contributed by atoms with Crippen LogP contribution >= 0.6 is 36.4 Å². The summed E-state index contributed by atoms with van der Waals surface area (Å²) in [5, 5.41) is 4.11. The molecule has 7 heteroatoms. The van der Waals surface area contributed by atoms with Crippen molar-refractivity contribution in [2.45, 2.75) is 19.7 Å². The maximum atomic E-state index is 6.23. The fourth-order valence-electron chi connectivity index (χ4n) is 2.63. The fourth-order valence-corrected chi connectivity index (χ4v) is 2.82. The van der Waals surface area contributed by atoms with Gasteiger partial charge in [0, 0.05) is 41.6 Å². The van der Waals surface area contributed by atoms with Gasteiger partial charge in [0.05, 0.1) is 7.11 Å². The Labute approximate surface area is 183 Å². The highest BCUT2D eigenvalue weighted by Gasteiger charge is 2.11. The van der Waals surface area contributed by atoms with Crippen molar-refractivity contribution in [3.8, 4) is 11.5 Å². The third-order valence-electron chi connectivity index (χ3n) is 3.98. The highest BCUT2D eigenvalue weighted by molar-refractivity contribution is 6.31. The molecule has 0 saturated carbocycles. The van der Waals surface area contributed by atoms with Gasteiger partial charge in [-0.25, -0.2) is 0 Å². The van der Waals surface area contributed by atoms with Crippen molar-refractivity contribution in [3.05, 3.63) is 88.7 Å². The SMILES string of the molecule is COc1cccc(CNCc2cccnc2)c1OCc1ccccc1Cl.Cl.Cl. The van der Waals surface area contributed by atoms with Crippen LogP contribution in [-0.4, -0.2) is 12.1 Å². The zero-order valence-corrected chi connectivity index (χ0v) is 17.8. The minimum absolute atomic E-state index is 0. The molecule has 0 unspecified atom stereocenters. The van der Waals surface area contributed by atoms with Crippen LogP contribution in [0.5, 0.6) is 11.5 Å². The second-order valence-electron chi connectivity index (χ2n) is 5.79. The Morgan fingerprint density at radius 3 is 2.43 bits per heavy atom. The Kier molecular flexibility index (Phi) is 10.7. The van der Waals surface area contributed by atoms with Crippen molar-refractivity contribution in [2.24, 2.45) is 0 Å². The van der Waals surface area contributed by atoms with E-state index in [0.717, 1.165) is 29.0 Å². The molecule has 1 heterocycles. The molecule has 0 radical (unpaired) electrons. The third kappa shape index (κ3) is 6.57. The standard InChI is InChI=1S/C21H21ClN2O2.2ClH/c1-25-20-10-4-8-17(14-24-13-16-6-5-11-23-12-16)21(20)26-15-18-7-2-3-9-19(18)22;;/h2-12,24H,13-15H2,1H3;2*1H. The third-order valence-corrected chi connectivity index (χ3v) is 4.35. The van der Waals surface area contributed by atoms with Crippen LogP contribution in [0.15, 0.2) is 67.0 Å². The molecule has 0 aliphatic rings. The maximum Gasteiger partial charge on any atom is 0.166 e. The molecular weight excluding hydrogens is 419 g/mol. The summed E-state index contributed by atoms with van der Waals surface area (Å²) in [5.74, 6) is 1.44. The Hall–Kier alpha value is -1.98. The molecular formula is C21H23Cl3N2O2. The van der Waals surface area contributed by atoms with E-state index < -0.39 is 0 Å². The van der Waals surface area contributed by atoms with E-state index in [9.17, 15) is 0 Å². The quantitative estimate of drug-likeness (QED) is 0.504. The number of aromatic nitrogens is 1. The van der Waals surface area contributed by atoms with Crippen molar-refractivity contribution in [3.63, 3.8) is 0 Å². The number of rotatable bonds is 8. The molecule has 2 aromatic carbocycles. The molecule has 0 atom stereocenters. The molecule has 0 saturated heterocycles. The molecule has 3 aromatic rings. The molecule has 1 aromatic heterocycles. The zero-order chi connectivity index (χ0) is 18.2. The minimum atomic E-state index is 0. The summed E-state index contributed by atoms with van der Waals surface area (Å²) in [5.41, 5.74) is 3.10. The number of hydrogen-bond donors (Lipinski definition) is 1. The molecule has 0 amide bonds. The van der Waals surface area contributed by atoms with Gasteiger partial charge >= 0.3 is 0 Å². The molecule has 0 spiro atoms. The van der Waals surface area contributed by atoms with Gasteiger partial charge in [0.25, 0.3) is 0 Å². The molecule has 0 bridgehead atoms. The predicted octanol–water partition coefficient (Wildman–Crippen LogP) is 5.46. The largest absolute Gasteiger partial charge is 0.493 e. The Morgan fingerprint density at radius 1 is 0.929 bits per heavy atom. The summed E-state index contributed by atoms with van der Waals surface area (Å²) in [4.78, 5) is 4.13. The van der Waals surface area contributed by atoms with Gasteiger partial charge in [0.1, 0.15) is 6.61 Å². The normalized spacial score (nSPS) is 9.79. The Bertz CT molecular complexity index is 848. The molecule has 3 rings (SSSR count). The molecule has 28 heavy (non-hydrogen) atoms. The molecule has 1 N–H and O–H groups in total.